The molecular weight excluding hydrogens is 334 g/mol. The van der Waals surface area contributed by atoms with Crippen LogP contribution in [-0.4, -0.2) is 16.8 Å². The molecule has 0 amide bonds. The number of hydrogen-bond acceptors (Lipinski definition) is 4. The van der Waals surface area contributed by atoms with Crippen molar-refractivity contribution in [3.05, 3.63) is 57.6 Å². The van der Waals surface area contributed by atoms with Crippen LogP contribution in [0.4, 0.5) is 0 Å². The fourth-order valence-electron chi connectivity index (χ4n) is 2.72. The molecule has 0 fully saturated rings. The highest BCUT2D eigenvalue weighted by Crippen LogP contribution is 2.43. The van der Waals surface area contributed by atoms with Crippen LogP contribution in [0.1, 0.15) is 28.9 Å². The van der Waals surface area contributed by atoms with Gasteiger partial charge in [-0.05, 0) is 29.3 Å². The molecule has 1 aliphatic rings. The van der Waals surface area contributed by atoms with Crippen molar-refractivity contribution in [2.45, 2.75) is 18.6 Å². The Hall–Kier alpha value is -1.56. The lowest BCUT2D eigenvalue weighted by Crippen LogP contribution is -2.25. The lowest BCUT2D eigenvalue weighted by atomic mass is 9.90. The Balaban J connectivity index is 2.01. The molecule has 0 saturated heterocycles. The number of hydrogen-bond donors (Lipinski definition) is 3. The Labute approximate surface area is 131 Å². The van der Waals surface area contributed by atoms with Crippen molar-refractivity contribution in [3.8, 4) is 11.5 Å². The second kappa shape index (κ2) is 5.67. The van der Waals surface area contributed by atoms with Crippen molar-refractivity contribution < 1.29 is 14.9 Å². The molecule has 0 spiro atoms. The van der Waals surface area contributed by atoms with E-state index in [2.05, 4.69) is 15.9 Å². The lowest BCUT2D eigenvalue weighted by Gasteiger charge is -2.32. The van der Waals surface area contributed by atoms with E-state index in [-0.39, 0.29) is 23.7 Å². The summed E-state index contributed by atoms with van der Waals surface area (Å²) in [5, 5.41) is 19.8. The first-order valence-electron chi connectivity index (χ1n) is 6.75. The maximum Gasteiger partial charge on any atom is 0.161 e. The molecule has 3 rings (SSSR count). The van der Waals surface area contributed by atoms with E-state index in [1.807, 2.05) is 24.3 Å². The fourth-order valence-corrected chi connectivity index (χ4v) is 2.98. The Morgan fingerprint density at radius 2 is 1.86 bits per heavy atom. The molecule has 1 heterocycles. The van der Waals surface area contributed by atoms with Crippen LogP contribution < -0.4 is 5.73 Å². The number of halogens is 1. The molecule has 2 aromatic carbocycles. The number of fused-ring (bicyclic) bond motifs is 1. The van der Waals surface area contributed by atoms with Gasteiger partial charge < -0.3 is 20.7 Å². The van der Waals surface area contributed by atoms with Gasteiger partial charge in [-0.15, -0.1) is 0 Å². The second-order valence-electron chi connectivity index (χ2n) is 5.11. The summed E-state index contributed by atoms with van der Waals surface area (Å²) in [5.41, 5.74) is 8.37. The van der Waals surface area contributed by atoms with Gasteiger partial charge in [0.05, 0.1) is 12.2 Å². The number of benzene rings is 2. The van der Waals surface area contributed by atoms with Gasteiger partial charge in [-0.2, -0.15) is 0 Å². The van der Waals surface area contributed by atoms with Crippen LogP contribution in [0.2, 0.25) is 0 Å². The predicted octanol–water partition coefficient (Wildman–Crippen LogP) is 3.17. The molecule has 0 aromatic heterocycles. The maximum absolute atomic E-state index is 10.1. The van der Waals surface area contributed by atoms with Crippen LogP contribution >= 0.6 is 15.9 Å². The summed E-state index contributed by atoms with van der Waals surface area (Å²) in [6, 6.07) is 11.1. The molecule has 4 N–H and O–H groups in total. The molecule has 0 bridgehead atoms. The van der Waals surface area contributed by atoms with Gasteiger partial charge in [0.2, 0.25) is 0 Å². The highest BCUT2D eigenvalue weighted by Gasteiger charge is 2.30. The zero-order valence-electron chi connectivity index (χ0n) is 11.3. The number of rotatable bonds is 2. The third-order valence-corrected chi connectivity index (χ3v) is 4.35. The molecule has 2 aromatic rings. The number of phenolic OH excluding ortho intramolecular Hbond substituents is 2. The van der Waals surface area contributed by atoms with Crippen molar-refractivity contribution in [3.63, 3.8) is 0 Å². The quantitative estimate of drug-likeness (QED) is 0.728. The third-order valence-electron chi connectivity index (χ3n) is 3.82. The van der Waals surface area contributed by atoms with Crippen LogP contribution in [0.5, 0.6) is 11.5 Å². The minimum atomic E-state index is -0.283. The summed E-state index contributed by atoms with van der Waals surface area (Å²) in [6.07, 6.45) is 0.0361. The van der Waals surface area contributed by atoms with Crippen molar-refractivity contribution in [1.82, 2.24) is 0 Å². The first-order valence-corrected chi connectivity index (χ1v) is 7.54. The molecular formula is C16H16BrNO3. The number of aromatic hydroxyl groups is 2. The van der Waals surface area contributed by atoms with E-state index in [0.717, 1.165) is 15.6 Å². The SMILES string of the molecule is NCC1OC(c2ccc(Br)cc2)Cc2c1ccc(O)c2O. The number of nitrogens with two attached hydrogens (primary N) is 1. The summed E-state index contributed by atoms with van der Waals surface area (Å²) in [7, 11) is 0. The Morgan fingerprint density at radius 3 is 2.52 bits per heavy atom. The largest absolute Gasteiger partial charge is 0.504 e. The molecule has 0 aliphatic carbocycles. The van der Waals surface area contributed by atoms with Crippen molar-refractivity contribution in [2.24, 2.45) is 5.73 Å². The van der Waals surface area contributed by atoms with Gasteiger partial charge in [-0.3, -0.25) is 0 Å². The van der Waals surface area contributed by atoms with Gasteiger partial charge in [0.1, 0.15) is 0 Å². The topological polar surface area (TPSA) is 75.7 Å². The van der Waals surface area contributed by atoms with Crippen molar-refractivity contribution >= 4 is 15.9 Å². The van der Waals surface area contributed by atoms with Gasteiger partial charge in [0.25, 0.3) is 0 Å². The average Bonchev–Trinajstić information content (AvgIpc) is 2.51. The lowest BCUT2D eigenvalue weighted by molar-refractivity contribution is -0.0231. The molecule has 2 atom stereocenters. The van der Waals surface area contributed by atoms with Crippen LogP contribution in [0.25, 0.3) is 0 Å². The first-order chi connectivity index (χ1) is 10.1. The summed E-state index contributed by atoms with van der Waals surface area (Å²) in [4.78, 5) is 0. The zero-order valence-corrected chi connectivity index (χ0v) is 12.9. The summed E-state index contributed by atoms with van der Waals surface area (Å²) in [5.74, 6) is -0.183. The molecule has 0 radical (unpaired) electrons. The Kier molecular flexibility index (Phi) is 3.89. The number of phenols is 2. The fraction of sp³-hybridized carbons (Fsp3) is 0.250. The van der Waals surface area contributed by atoms with E-state index in [1.165, 1.54) is 6.07 Å². The average molecular weight is 350 g/mol. The highest BCUT2D eigenvalue weighted by atomic mass is 79.9. The smallest absolute Gasteiger partial charge is 0.161 e. The zero-order chi connectivity index (χ0) is 15.0. The van der Waals surface area contributed by atoms with E-state index in [4.69, 9.17) is 10.5 Å². The van der Waals surface area contributed by atoms with Crippen LogP contribution in [0.15, 0.2) is 40.9 Å². The third kappa shape index (κ3) is 2.64. The van der Waals surface area contributed by atoms with Gasteiger partial charge >= 0.3 is 0 Å². The normalized spacial score (nSPS) is 21.0. The minimum Gasteiger partial charge on any atom is -0.504 e. The van der Waals surface area contributed by atoms with E-state index >= 15 is 0 Å². The van der Waals surface area contributed by atoms with E-state index < -0.39 is 0 Å². The highest BCUT2D eigenvalue weighted by molar-refractivity contribution is 9.10. The first kappa shape index (κ1) is 14.4. The van der Waals surface area contributed by atoms with Crippen LogP contribution in [0, 0.1) is 0 Å². The van der Waals surface area contributed by atoms with Gasteiger partial charge in [-0.25, -0.2) is 0 Å². The standard InChI is InChI=1S/C16H16BrNO3/c17-10-3-1-9(2-4-10)14-7-12-11(15(8-18)21-14)5-6-13(19)16(12)20/h1-6,14-15,19-20H,7-8,18H2. The molecule has 110 valence electrons. The predicted molar refractivity (Wildman–Crippen MR) is 83.2 cm³/mol. The molecule has 5 heteroatoms. The molecule has 4 nitrogen and oxygen atoms in total. The Morgan fingerprint density at radius 1 is 1.14 bits per heavy atom. The summed E-state index contributed by atoms with van der Waals surface area (Å²) in [6.45, 7) is 0.324. The van der Waals surface area contributed by atoms with Gasteiger partial charge in [0, 0.05) is 23.0 Å². The summed E-state index contributed by atoms with van der Waals surface area (Å²) >= 11 is 3.41. The number of ether oxygens (including phenoxy) is 1. The molecule has 1 aliphatic heterocycles. The van der Waals surface area contributed by atoms with Crippen molar-refractivity contribution in [1.29, 1.82) is 0 Å². The molecule has 0 saturated carbocycles. The van der Waals surface area contributed by atoms with Gasteiger partial charge in [0.15, 0.2) is 11.5 Å². The Bertz CT molecular complexity index is 657. The van der Waals surface area contributed by atoms with Crippen LogP contribution in [-0.2, 0) is 11.2 Å². The summed E-state index contributed by atoms with van der Waals surface area (Å²) < 4.78 is 7.05. The van der Waals surface area contributed by atoms with Crippen LogP contribution in [0.3, 0.4) is 0 Å². The minimum absolute atomic E-state index is 0.0728. The molecule has 21 heavy (non-hydrogen) atoms. The van der Waals surface area contributed by atoms with E-state index in [0.29, 0.717) is 18.5 Å². The monoisotopic (exact) mass is 349 g/mol. The van der Waals surface area contributed by atoms with E-state index in [1.54, 1.807) is 6.07 Å². The van der Waals surface area contributed by atoms with Crippen molar-refractivity contribution in [2.75, 3.05) is 6.54 Å². The van der Waals surface area contributed by atoms with E-state index in [9.17, 15) is 10.2 Å². The molecule has 2 unspecified atom stereocenters. The maximum atomic E-state index is 10.1. The van der Waals surface area contributed by atoms with Gasteiger partial charge in [-0.1, -0.05) is 34.1 Å². The second-order valence-corrected chi connectivity index (χ2v) is 6.02.